The molecular formula is C14H29N. The highest BCUT2D eigenvalue weighted by atomic mass is 15.2. The Kier molecular flexibility index (Phi) is 5.66. The lowest BCUT2D eigenvalue weighted by atomic mass is 9.72. The van der Waals surface area contributed by atoms with Crippen LogP contribution in [0.2, 0.25) is 0 Å². The Bertz CT molecular complexity index is 161. The van der Waals surface area contributed by atoms with Crippen LogP contribution in [-0.2, 0) is 0 Å². The van der Waals surface area contributed by atoms with Gasteiger partial charge in [0.1, 0.15) is 0 Å². The Morgan fingerprint density at radius 2 is 1.67 bits per heavy atom. The normalized spacial score (nSPS) is 19.2. The molecule has 1 aliphatic carbocycles. The zero-order chi connectivity index (χ0) is 11.1. The van der Waals surface area contributed by atoms with Crippen LogP contribution in [0, 0.1) is 0 Å². The van der Waals surface area contributed by atoms with E-state index in [9.17, 15) is 0 Å². The van der Waals surface area contributed by atoms with Crippen molar-refractivity contribution in [2.75, 3.05) is 13.1 Å². The van der Waals surface area contributed by atoms with E-state index in [1.54, 1.807) is 0 Å². The van der Waals surface area contributed by atoms with Crippen LogP contribution in [0.4, 0.5) is 0 Å². The lowest BCUT2D eigenvalue weighted by Crippen LogP contribution is -2.54. The summed E-state index contributed by atoms with van der Waals surface area (Å²) >= 11 is 0. The van der Waals surface area contributed by atoms with Crippen molar-refractivity contribution in [3.8, 4) is 0 Å². The van der Waals surface area contributed by atoms with Crippen molar-refractivity contribution in [1.29, 1.82) is 0 Å². The monoisotopic (exact) mass is 211 g/mol. The van der Waals surface area contributed by atoms with E-state index in [2.05, 4.69) is 25.7 Å². The SMILES string of the molecule is CCCCN(CCC)C1(CCC)CCC1. The van der Waals surface area contributed by atoms with E-state index in [0.717, 1.165) is 0 Å². The molecule has 90 valence electrons. The van der Waals surface area contributed by atoms with Crippen molar-refractivity contribution in [1.82, 2.24) is 4.90 Å². The summed E-state index contributed by atoms with van der Waals surface area (Å²) in [5.41, 5.74) is 0.625. The quantitative estimate of drug-likeness (QED) is 0.581. The average molecular weight is 211 g/mol. The van der Waals surface area contributed by atoms with Crippen LogP contribution in [0.25, 0.3) is 0 Å². The van der Waals surface area contributed by atoms with Gasteiger partial charge in [-0.15, -0.1) is 0 Å². The second kappa shape index (κ2) is 6.52. The van der Waals surface area contributed by atoms with Crippen LogP contribution < -0.4 is 0 Å². The van der Waals surface area contributed by atoms with Gasteiger partial charge in [-0.2, -0.15) is 0 Å². The molecular weight excluding hydrogens is 182 g/mol. The van der Waals surface area contributed by atoms with E-state index < -0.39 is 0 Å². The van der Waals surface area contributed by atoms with Gasteiger partial charge >= 0.3 is 0 Å². The third-order valence-electron chi connectivity index (χ3n) is 3.95. The first kappa shape index (κ1) is 13.0. The van der Waals surface area contributed by atoms with E-state index in [1.165, 1.54) is 64.5 Å². The van der Waals surface area contributed by atoms with Gasteiger partial charge in [0.2, 0.25) is 0 Å². The van der Waals surface area contributed by atoms with Gasteiger partial charge in [-0.05, 0) is 51.6 Å². The van der Waals surface area contributed by atoms with Gasteiger partial charge in [0, 0.05) is 5.54 Å². The Morgan fingerprint density at radius 1 is 0.933 bits per heavy atom. The fourth-order valence-corrected chi connectivity index (χ4v) is 2.98. The lowest BCUT2D eigenvalue weighted by Gasteiger charge is -2.51. The first-order valence-corrected chi connectivity index (χ1v) is 7.04. The molecule has 1 heteroatoms. The van der Waals surface area contributed by atoms with Crippen LogP contribution in [0.15, 0.2) is 0 Å². The summed E-state index contributed by atoms with van der Waals surface area (Å²) in [6, 6.07) is 0. The van der Waals surface area contributed by atoms with Gasteiger partial charge in [0.15, 0.2) is 0 Å². The number of nitrogens with zero attached hydrogens (tertiary/aromatic N) is 1. The van der Waals surface area contributed by atoms with E-state index in [0.29, 0.717) is 5.54 Å². The van der Waals surface area contributed by atoms with E-state index in [-0.39, 0.29) is 0 Å². The molecule has 1 aliphatic rings. The maximum atomic E-state index is 2.81. The van der Waals surface area contributed by atoms with Crippen molar-refractivity contribution in [2.24, 2.45) is 0 Å². The molecule has 0 spiro atoms. The summed E-state index contributed by atoms with van der Waals surface area (Å²) in [5, 5.41) is 0. The maximum Gasteiger partial charge on any atom is 0.0209 e. The predicted octanol–water partition coefficient (Wildman–Crippen LogP) is 4.22. The standard InChI is InChI=1S/C14H29N/c1-4-7-13-15(12-6-3)14(9-5-2)10-8-11-14/h4-13H2,1-3H3. The Balaban J connectivity index is 2.50. The predicted molar refractivity (Wildman–Crippen MR) is 68.3 cm³/mol. The molecule has 1 fully saturated rings. The Labute approximate surface area is 96.2 Å². The smallest absolute Gasteiger partial charge is 0.0209 e. The largest absolute Gasteiger partial charge is 0.298 e. The summed E-state index contributed by atoms with van der Waals surface area (Å²) in [6.45, 7) is 9.61. The molecule has 0 amide bonds. The van der Waals surface area contributed by atoms with Gasteiger partial charge in [0.05, 0.1) is 0 Å². The van der Waals surface area contributed by atoms with Crippen molar-refractivity contribution >= 4 is 0 Å². The number of hydrogen-bond donors (Lipinski definition) is 0. The highest BCUT2D eigenvalue weighted by Gasteiger charge is 2.40. The molecule has 15 heavy (non-hydrogen) atoms. The summed E-state index contributed by atoms with van der Waals surface area (Å²) in [4.78, 5) is 2.81. The third-order valence-corrected chi connectivity index (χ3v) is 3.95. The molecule has 0 bridgehead atoms. The third kappa shape index (κ3) is 3.21. The number of hydrogen-bond acceptors (Lipinski definition) is 1. The van der Waals surface area contributed by atoms with E-state index >= 15 is 0 Å². The molecule has 1 saturated carbocycles. The molecule has 0 heterocycles. The van der Waals surface area contributed by atoms with Gasteiger partial charge in [0.25, 0.3) is 0 Å². The minimum Gasteiger partial charge on any atom is -0.298 e. The highest BCUT2D eigenvalue weighted by Crippen LogP contribution is 2.41. The lowest BCUT2D eigenvalue weighted by molar-refractivity contribution is 0.00652. The van der Waals surface area contributed by atoms with Crippen LogP contribution >= 0.6 is 0 Å². The molecule has 0 aromatic rings. The molecule has 0 aromatic heterocycles. The zero-order valence-electron chi connectivity index (χ0n) is 11.0. The molecule has 0 aromatic carbocycles. The molecule has 1 nitrogen and oxygen atoms in total. The fraction of sp³-hybridized carbons (Fsp3) is 1.00. The second-order valence-corrected chi connectivity index (χ2v) is 5.17. The fourth-order valence-electron chi connectivity index (χ4n) is 2.98. The van der Waals surface area contributed by atoms with Gasteiger partial charge in [-0.3, -0.25) is 4.90 Å². The minimum absolute atomic E-state index is 0.625. The Hall–Kier alpha value is -0.0400. The van der Waals surface area contributed by atoms with Crippen LogP contribution in [0.1, 0.15) is 72.1 Å². The Morgan fingerprint density at radius 3 is 2.07 bits per heavy atom. The minimum atomic E-state index is 0.625. The summed E-state index contributed by atoms with van der Waals surface area (Å²) < 4.78 is 0. The van der Waals surface area contributed by atoms with Gasteiger partial charge in [-0.1, -0.05) is 33.6 Å². The van der Waals surface area contributed by atoms with Crippen molar-refractivity contribution in [2.45, 2.75) is 77.7 Å². The summed E-state index contributed by atoms with van der Waals surface area (Å²) in [7, 11) is 0. The first-order valence-electron chi connectivity index (χ1n) is 7.04. The summed E-state index contributed by atoms with van der Waals surface area (Å²) in [6.07, 6.45) is 11.2. The van der Waals surface area contributed by atoms with Crippen LogP contribution in [-0.4, -0.2) is 23.5 Å². The zero-order valence-corrected chi connectivity index (χ0v) is 11.0. The van der Waals surface area contributed by atoms with Gasteiger partial charge in [-0.25, -0.2) is 0 Å². The molecule has 0 atom stereocenters. The van der Waals surface area contributed by atoms with Gasteiger partial charge < -0.3 is 0 Å². The van der Waals surface area contributed by atoms with Crippen molar-refractivity contribution in [3.05, 3.63) is 0 Å². The summed E-state index contributed by atoms with van der Waals surface area (Å²) in [5.74, 6) is 0. The molecule has 0 radical (unpaired) electrons. The first-order chi connectivity index (χ1) is 7.29. The number of rotatable bonds is 8. The van der Waals surface area contributed by atoms with Crippen LogP contribution in [0.5, 0.6) is 0 Å². The van der Waals surface area contributed by atoms with E-state index in [1.807, 2.05) is 0 Å². The average Bonchev–Trinajstić information content (AvgIpc) is 2.18. The van der Waals surface area contributed by atoms with Crippen LogP contribution in [0.3, 0.4) is 0 Å². The molecule has 0 saturated heterocycles. The second-order valence-electron chi connectivity index (χ2n) is 5.17. The van der Waals surface area contributed by atoms with E-state index in [4.69, 9.17) is 0 Å². The van der Waals surface area contributed by atoms with Crippen molar-refractivity contribution < 1.29 is 0 Å². The molecule has 0 N–H and O–H groups in total. The maximum absolute atomic E-state index is 2.81. The molecule has 0 unspecified atom stereocenters. The highest BCUT2D eigenvalue weighted by molar-refractivity contribution is 4.97. The number of unbranched alkanes of at least 4 members (excludes halogenated alkanes) is 1. The van der Waals surface area contributed by atoms with Crippen molar-refractivity contribution in [3.63, 3.8) is 0 Å². The topological polar surface area (TPSA) is 3.24 Å². The molecule has 1 rings (SSSR count). The molecule has 0 aliphatic heterocycles.